The molecule has 0 amide bonds. The Labute approximate surface area is 89.1 Å². The summed E-state index contributed by atoms with van der Waals surface area (Å²) in [6.45, 7) is 0. The van der Waals surface area contributed by atoms with Crippen molar-refractivity contribution >= 4 is 23.2 Å². The summed E-state index contributed by atoms with van der Waals surface area (Å²) in [6.07, 6.45) is -2.75. The van der Waals surface area contributed by atoms with Gasteiger partial charge in [-0.2, -0.15) is 0 Å². The first-order chi connectivity index (χ1) is 7.00. The summed E-state index contributed by atoms with van der Waals surface area (Å²) in [5.41, 5.74) is -0.0478. The van der Waals surface area contributed by atoms with Gasteiger partial charge in [0.05, 0.1) is 11.4 Å². The fourth-order valence-corrected chi connectivity index (χ4v) is 0.979. The van der Waals surface area contributed by atoms with Crippen LogP contribution >= 0.6 is 11.6 Å². The van der Waals surface area contributed by atoms with Crippen LogP contribution in [0.1, 0.15) is 16.9 Å². The van der Waals surface area contributed by atoms with Crippen molar-refractivity contribution in [1.82, 2.24) is 4.98 Å². The van der Waals surface area contributed by atoms with Gasteiger partial charge in [0.1, 0.15) is 5.69 Å². The Bertz CT molecular complexity index is 378. The van der Waals surface area contributed by atoms with Crippen molar-refractivity contribution in [3.63, 3.8) is 0 Å². The standard InChI is InChI=1S/C9H6ClF2NO2/c10-5-1-2-6(13-4-5)7(14)3-8(15)9(11)12/h1-2,4,9H,3H2. The van der Waals surface area contributed by atoms with Gasteiger partial charge in [0.2, 0.25) is 5.78 Å². The molecule has 3 nitrogen and oxygen atoms in total. The van der Waals surface area contributed by atoms with Crippen LogP contribution in [0.25, 0.3) is 0 Å². The normalized spacial score (nSPS) is 10.4. The van der Waals surface area contributed by atoms with Gasteiger partial charge in [-0.15, -0.1) is 0 Å². The molecule has 80 valence electrons. The number of hydrogen-bond donors (Lipinski definition) is 0. The third-order valence-electron chi connectivity index (χ3n) is 1.59. The third kappa shape index (κ3) is 3.36. The van der Waals surface area contributed by atoms with Crippen LogP contribution in [0.15, 0.2) is 18.3 Å². The molecule has 0 radical (unpaired) electrons. The van der Waals surface area contributed by atoms with Crippen LogP contribution in [0, 0.1) is 0 Å². The minimum Gasteiger partial charge on any atom is -0.293 e. The second-order valence-electron chi connectivity index (χ2n) is 2.73. The Hall–Kier alpha value is -1.36. The molecule has 0 aromatic carbocycles. The van der Waals surface area contributed by atoms with E-state index in [0.29, 0.717) is 5.02 Å². The highest BCUT2D eigenvalue weighted by Crippen LogP contribution is 2.09. The lowest BCUT2D eigenvalue weighted by atomic mass is 10.1. The van der Waals surface area contributed by atoms with E-state index >= 15 is 0 Å². The Morgan fingerprint density at radius 2 is 2.07 bits per heavy atom. The number of pyridine rings is 1. The topological polar surface area (TPSA) is 47.0 Å². The largest absolute Gasteiger partial charge is 0.296 e. The smallest absolute Gasteiger partial charge is 0.293 e. The summed E-state index contributed by atoms with van der Waals surface area (Å²) in [5.74, 6) is -2.14. The van der Waals surface area contributed by atoms with Crippen LogP contribution in [0.4, 0.5) is 8.78 Å². The van der Waals surface area contributed by atoms with E-state index in [4.69, 9.17) is 11.6 Å². The zero-order valence-corrected chi connectivity index (χ0v) is 8.17. The van der Waals surface area contributed by atoms with Crippen LogP contribution in [0.2, 0.25) is 5.02 Å². The van der Waals surface area contributed by atoms with Crippen molar-refractivity contribution in [2.75, 3.05) is 0 Å². The number of nitrogens with zero attached hydrogens (tertiary/aromatic N) is 1. The van der Waals surface area contributed by atoms with E-state index in [1.165, 1.54) is 18.3 Å². The van der Waals surface area contributed by atoms with Gasteiger partial charge in [0.25, 0.3) is 6.43 Å². The average molecular weight is 234 g/mol. The number of alkyl halides is 2. The molecule has 1 rings (SSSR count). The number of aromatic nitrogens is 1. The molecule has 0 aliphatic carbocycles. The Balaban J connectivity index is 2.69. The number of carbonyl (C=O) groups is 2. The van der Waals surface area contributed by atoms with Gasteiger partial charge in [-0.3, -0.25) is 14.6 Å². The summed E-state index contributed by atoms with van der Waals surface area (Å²) < 4.78 is 23.7. The molecule has 1 aromatic rings. The molecule has 0 spiro atoms. The number of Topliss-reactive ketones (excluding diaryl/α,β-unsaturated/α-hetero) is 2. The number of halogens is 3. The Morgan fingerprint density at radius 3 is 2.53 bits per heavy atom. The molecule has 0 aliphatic rings. The zero-order valence-electron chi connectivity index (χ0n) is 7.41. The third-order valence-corrected chi connectivity index (χ3v) is 1.81. The zero-order chi connectivity index (χ0) is 11.4. The van der Waals surface area contributed by atoms with Gasteiger partial charge in [-0.25, -0.2) is 8.78 Å². The monoisotopic (exact) mass is 233 g/mol. The van der Waals surface area contributed by atoms with Crippen LogP contribution < -0.4 is 0 Å². The Kier molecular flexibility index (Phi) is 3.85. The molecule has 0 unspecified atom stereocenters. The van der Waals surface area contributed by atoms with E-state index in [0.717, 1.165) is 0 Å². The predicted molar refractivity (Wildman–Crippen MR) is 49.2 cm³/mol. The van der Waals surface area contributed by atoms with Gasteiger partial charge >= 0.3 is 0 Å². The fraction of sp³-hybridized carbons (Fsp3) is 0.222. The summed E-state index contributed by atoms with van der Waals surface area (Å²) >= 11 is 5.51. The van der Waals surface area contributed by atoms with E-state index in [-0.39, 0.29) is 5.69 Å². The SMILES string of the molecule is O=C(CC(=O)C(F)F)c1ccc(Cl)cn1. The van der Waals surface area contributed by atoms with Crippen molar-refractivity contribution in [2.45, 2.75) is 12.8 Å². The Morgan fingerprint density at radius 1 is 1.40 bits per heavy atom. The first kappa shape index (κ1) is 11.7. The summed E-state index contributed by atoms with van der Waals surface area (Å²) in [4.78, 5) is 25.4. The van der Waals surface area contributed by atoms with Crippen LogP contribution in [-0.2, 0) is 4.79 Å². The molecule has 0 saturated carbocycles. The minimum absolute atomic E-state index is 0.0478. The molecule has 0 aliphatic heterocycles. The molecule has 6 heteroatoms. The molecular formula is C9H6ClF2NO2. The molecule has 1 heterocycles. The molecule has 0 N–H and O–H groups in total. The summed E-state index contributed by atoms with van der Waals surface area (Å²) in [6, 6.07) is 2.68. The van der Waals surface area contributed by atoms with E-state index < -0.39 is 24.4 Å². The van der Waals surface area contributed by atoms with Gasteiger partial charge in [-0.1, -0.05) is 11.6 Å². The highest BCUT2D eigenvalue weighted by Gasteiger charge is 2.20. The predicted octanol–water partition coefficient (Wildman–Crippen LogP) is 2.14. The maximum Gasteiger partial charge on any atom is 0.296 e. The molecule has 0 saturated heterocycles. The lowest BCUT2D eigenvalue weighted by molar-refractivity contribution is -0.128. The van der Waals surface area contributed by atoms with E-state index in [2.05, 4.69) is 4.98 Å². The fourth-order valence-electron chi connectivity index (χ4n) is 0.867. The first-order valence-corrected chi connectivity index (χ1v) is 4.34. The van der Waals surface area contributed by atoms with Crippen molar-refractivity contribution in [1.29, 1.82) is 0 Å². The molecule has 1 aromatic heterocycles. The molecule has 0 atom stereocenters. The maximum absolute atomic E-state index is 11.8. The number of rotatable bonds is 4. The highest BCUT2D eigenvalue weighted by molar-refractivity contribution is 6.30. The molecule has 0 fully saturated rings. The average Bonchev–Trinajstić information content (AvgIpc) is 2.18. The quantitative estimate of drug-likeness (QED) is 0.591. The second kappa shape index (κ2) is 4.93. The van der Waals surface area contributed by atoms with Crippen LogP contribution in [0.3, 0.4) is 0 Å². The van der Waals surface area contributed by atoms with Crippen molar-refractivity contribution in [3.05, 3.63) is 29.0 Å². The van der Waals surface area contributed by atoms with E-state index in [1.807, 2.05) is 0 Å². The number of carbonyl (C=O) groups excluding carboxylic acids is 2. The van der Waals surface area contributed by atoms with Crippen molar-refractivity contribution < 1.29 is 18.4 Å². The molecule has 0 bridgehead atoms. The van der Waals surface area contributed by atoms with Crippen molar-refractivity contribution in [3.8, 4) is 0 Å². The van der Waals surface area contributed by atoms with Crippen LogP contribution in [0.5, 0.6) is 0 Å². The lowest BCUT2D eigenvalue weighted by Gasteiger charge is -1.99. The maximum atomic E-state index is 11.8. The highest BCUT2D eigenvalue weighted by atomic mass is 35.5. The van der Waals surface area contributed by atoms with E-state index in [1.54, 1.807) is 0 Å². The lowest BCUT2D eigenvalue weighted by Crippen LogP contribution is -2.16. The first-order valence-electron chi connectivity index (χ1n) is 3.96. The van der Waals surface area contributed by atoms with Crippen molar-refractivity contribution in [2.24, 2.45) is 0 Å². The van der Waals surface area contributed by atoms with E-state index in [9.17, 15) is 18.4 Å². The van der Waals surface area contributed by atoms with Gasteiger partial charge in [0, 0.05) is 6.20 Å². The number of hydrogen-bond acceptors (Lipinski definition) is 3. The molecular weight excluding hydrogens is 228 g/mol. The summed E-state index contributed by atoms with van der Waals surface area (Å²) in [5, 5.41) is 0.326. The van der Waals surface area contributed by atoms with Gasteiger partial charge < -0.3 is 0 Å². The number of ketones is 2. The van der Waals surface area contributed by atoms with Crippen LogP contribution in [-0.4, -0.2) is 23.0 Å². The summed E-state index contributed by atoms with van der Waals surface area (Å²) in [7, 11) is 0. The minimum atomic E-state index is -3.12. The second-order valence-corrected chi connectivity index (χ2v) is 3.17. The molecule has 15 heavy (non-hydrogen) atoms. The van der Waals surface area contributed by atoms with Gasteiger partial charge in [-0.05, 0) is 12.1 Å². The van der Waals surface area contributed by atoms with Gasteiger partial charge in [0.15, 0.2) is 5.78 Å².